The van der Waals surface area contributed by atoms with E-state index in [1.165, 1.54) is 11.3 Å². The summed E-state index contributed by atoms with van der Waals surface area (Å²) in [5.41, 5.74) is 6.98. The van der Waals surface area contributed by atoms with Gasteiger partial charge in [0.05, 0.1) is 5.69 Å². The highest BCUT2D eigenvalue weighted by atomic mass is 32.1. The van der Waals surface area contributed by atoms with Crippen molar-refractivity contribution >= 4 is 28.3 Å². The molecule has 0 bridgehead atoms. The Morgan fingerprint density at radius 2 is 2.18 bits per heavy atom. The number of primary amides is 1. The molecule has 1 aliphatic rings. The van der Waals surface area contributed by atoms with Crippen LogP contribution in [0.2, 0.25) is 0 Å². The van der Waals surface area contributed by atoms with Gasteiger partial charge in [-0.25, -0.2) is 4.98 Å². The molecule has 0 aromatic carbocycles. The van der Waals surface area contributed by atoms with Gasteiger partial charge in [-0.05, 0) is 18.9 Å². The molecule has 0 atom stereocenters. The van der Waals surface area contributed by atoms with Gasteiger partial charge in [-0.1, -0.05) is 0 Å². The van der Waals surface area contributed by atoms with E-state index in [1.807, 2.05) is 5.38 Å². The van der Waals surface area contributed by atoms with Crippen LogP contribution in [0.4, 0.5) is 5.13 Å². The lowest BCUT2D eigenvalue weighted by molar-refractivity contribution is -0.122. The lowest BCUT2D eigenvalue weighted by Crippen LogP contribution is -2.28. The number of H-pyrrole nitrogens is 1. The summed E-state index contributed by atoms with van der Waals surface area (Å²) in [4.78, 5) is 30.4. The molecule has 0 saturated carbocycles. The largest absolute Gasteiger partial charge is 0.381 e. The molecule has 2 aromatic rings. The van der Waals surface area contributed by atoms with Crippen molar-refractivity contribution in [1.29, 1.82) is 0 Å². The second-order valence-electron chi connectivity index (χ2n) is 5.08. The number of nitrogens with two attached hydrogens (primary N) is 1. The Bertz CT molecular complexity index is 688. The van der Waals surface area contributed by atoms with E-state index >= 15 is 0 Å². The Kier molecular flexibility index (Phi) is 4.21. The van der Waals surface area contributed by atoms with Crippen LogP contribution in [-0.2, 0) is 9.53 Å². The van der Waals surface area contributed by atoms with Gasteiger partial charge in [0.25, 0.3) is 5.91 Å². The number of aromatic amines is 1. The second-order valence-corrected chi connectivity index (χ2v) is 5.94. The summed E-state index contributed by atoms with van der Waals surface area (Å²) in [6.45, 7) is 1.25. The number of carbonyl (C=O) groups excluding carboxylic acids is 2. The first-order chi connectivity index (χ1) is 10.6. The fraction of sp³-hybridized carbons (Fsp3) is 0.357. The van der Waals surface area contributed by atoms with Crippen molar-refractivity contribution in [2.24, 2.45) is 11.7 Å². The van der Waals surface area contributed by atoms with Crippen molar-refractivity contribution in [3.05, 3.63) is 23.3 Å². The quantitative estimate of drug-likeness (QED) is 0.794. The summed E-state index contributed by atoms with van der Waals surface area (Å²) in [6, 6.07) is 1.64. The standard InChI is InChI=1S/C14H16N4O3S/c15-12(19)10-5-9(6-16-10)11-7-22-14(17-11)18-13(20)8-1-3-21-4-2-8/h5-8,16H,1-4H2,(H2,15,19)(H,17,18,20). The SMILES string of the molecule is NC(=O)c1cc(-c2csc(NC(=O)C3CCOCC3)n2)c[nH]1. The molecule has 0 aliphatic carbocycles. The summed E-state index contributed by atoms with van der Waals surface area (Å²) in [6.07, 6.45) is 3.15. The van der Waals surface area contributed by atoms with Gasteiger partial charge in [0, 0.05) is 36.3 Å². The Hall–Kier alpha value is -2.19. The van der Waals surface area contributed by atoms with Gasteiger partial charge in [0.2, 0.25) is 5.91 Å². The smallest absolute Gasteiger partial charge is 0.265 e. The molecule has 1 saturated heterocycles. The first-order valence-electron chi connectivity index (χ1n) is 6.96. The summed E-state index contributed by atoms with van der Waals surface area (Å²) in [5.74, 6) is -0.555. The zero-order valence-corrected chi connectivity index (χ0v) is 12.6. The van der Waals surface area contributed by atoms with E-state index in [1.54, 1.807) is 12.3 Å². The van der Waals surface area contributed by atoms with E-state index in [0.29, 0.717) is 29.7 Å². The minimum Gasteiger partial charge on any atom is -0.381 e. The van der Waals surface area contributed by atoms with Crippen LogP contribution in [-0.4, -0.2) is 35.0 Å². The number of amides is 2. The number of anilines is 1. The van der Waals surface area contributed by atoms with Crippen LogP contribution in [0.1, 0.15) is 23.3 Å². The predicted octanol–water partition coefficient (Wildman–Crippen LogP) is 1.60. The third kappa shape index (κ3) is 3.18. The van der Waals surface area contributed by atoms with E-state index in [2.05, 4.69) is 15.3 Å². The predicted molar refractivity (Wildman–Crippen MR) is 82.6 cm³/mol. The molecule has 0 spiro atoms. The summed E-state index contributed by atoms with van der Waals surface area (Å²) >= 11 is 1.35. The minimum atomic E-state index is -0.519. The van der Waals surface area contributed by atoms with Crippen molar-refractivity contribution in [3.8, 4) is 11.3 Å². The Balaban J connectivity index is 1.67. The zero-order chi connectivity index (χ0) is 15.5. The normalized spacial score (nSPS) is 15.6. The first-order valence-corrected chi connectivity index (χ1v) is 7.84. The van der Waals surface area contributed by atoms with Gasteiger partial charge >= 0.3 is 0 Å². The molecule has 1 fully saturated rings. The fourth-order valence-electron chi connectivity index (χ4n) is 2.32. The molecule has 4 N–H and O–H groups in total. The molecule has 1 aliphatic heterocycles. The molecule has 116 valence electrons. The van der Waals surface area contributed by atoms with Crippen molar-refractivity contribution in [1.82, 2.24) is 9.97 Å². The summed E-state index contributed by atoms with van der Waals surface area (Å²) in [5, 5.41) is 5.22. The van der Waals surface area contributed by atoms with E-state index in [4.69, 9.17) is 10.5 Å². The van der Waals surface area contributed by atoms with Crippen LogP contribution in [0.5, 0.6) is 0 Å². The third-order valence-electron chi connectivity index (χ3n) is 3.57. The average Bonchev–Trinajstić information content (AvgIpc) is 3.16. The molecule has 3 heterocycles. The van der Waals surface area contributed by atoms with Crippen molar-refractivity contribution in [2.45, 2.75) is 12.8 Å². The number of aromatic nitrogens is 2. The summed E-state index contributed by atoms with van der Waals surface area (Å²) < 4.78 is 5.25. The van der Waals surface area contributed by atoms with Gasteiger partial charge in [0.1, 0.15) is 5.69 Å². The highest BCUT2D eigenvalue weighted by molar-refractivity contribution is 7.14. The van der Waals surface area contributed by atoms with E-state index in [9.17, 15) is 9.59 Å². The molecular weight excluding hydrogens is 304 g/mol. The summed E-state index contributed by atoms with van der Waals surface area (Å²) in [7, 11) is 0. The van der Waals surface area contributed by atoms with Crippen LogP contribution < -0.4 is 11.1 Å². The van der Waals surface area contributed by atoms with Gasteiger partial charge in [0.15, 0.2) is 5.13 Å². The van der Waals surface area contributed by atoms with Crippen molar-refractivity contribution in [3.63, 3.8) is 0 Å². The maximum Gasteiger partial charge on any atom is 0.265 e. The van der Waals surface area contributed by atoms with Crippen LogP contribution >= 0.6 is 11.3 Å². The Morgan fingerprint density at radius 1 is 1.41 bits per heavy atom. The molecular formula is C14H16N4O3S. The molecule has 2 amide bonds. The maximum atomic E-state index is 12.1. The third-order valence-corrected chi connectivity index (χ3v) is 4.33. The van der Waals surface area contributed by atoms with Crippen molar-refractivity contribution in [2.75, 3.05) is 18.5 Å². The number of ether oxygens (including phenoxy) is 1. The van der Waals surface area contributed by atoms with Crippen LogP contribution in [0, 0.1) is 5.92 Å². The highest BCUT2D eigenvalue weighted by Crippen LogP contribution is 2.26. The molecule has 0 unspecified atom stereocenters. The van der Waals surface area contributed by atoms with Gasteiger partial charge < -0.3 is 20.8 Å². The van der Waals surface area contributed by atoms with Crippen LogP contribution in [0.3, 0.4) is 0 Å². The number of rotatable bonds is 4. The monoisotopic (exact) mass is 320 g/mol. The topological polar surface area (TPSA) is 110 Å². The number of nitrogens with one attached hydrogen (secondary N) is 2. The highest BCUT2D eigenvalue weighted by Gasteiger charge is 2.22. The molecule has 3 rings (SSSR count). The number of thiazole rings is 1. The Morgan fingerprint density at radius 3 is 2.86 bits per heavy atom. The lowest BCUT2D eigenvalue weighted by Gasteiger charge is -2.20. The molecule has 2 aromatic heterocycles. The number of hydrogen-bond donors (Lipinski definition) is 3. The van der Waals surface area contributed by atoms with Gasteiger partial charge in [-0.2, -0.15) is 0 Å². The van der Waals surface area contributed by atoms with Crippen LogP contribution in [0.25, 0.3) is 11.3 Å². The molecule has 8 heteroatoms. The number of nitrogens with zero attached hydrogens (tertiary/aromatic N) is 1. The number of carbonyl (C=O) groups is 2. The Labute approximate surface area is 130 Å². The minimum absolute atomic E-state index is 0.0175. The zero-order valence-electron chi connectivity index (χ0n) is 11.8. The second kappa shape index (κ2) is 6.29. The maximum absolute atomic E-state index is 12.1. The van der Waals surface area contributed by atoms with Gasteiger partial charge in [-0.15, -0.1) is 11.3 Å². The molecule has 7 nitrogen and oxygen atoms in total. The average molecular weight is 320 g/mol. The molecule has 22 heavy (non-hydrogen) atoms. The van der Waals surface area contributed by atoms with Crippen molar-refractivity contribution < 1.29 is 14.3 Å². The van der Waals surface area contributed by atoms with E-state index < -0.39 is 5.91 Å². The molecule has 0 radical (unpaired) electrons. The fourth-order valence-corrected chi connectivity index (χ4v) is 3.04. The first kappa shape index (κ1) is 14.7. The number of hydrogen-bond acceptors (Lipinski definition) is 5. The van der Waals surface area contributed by atoms with Crippen LogP contribution in [0.15, 0.2) is 17.6 Å². The van der Waals surface area contributed by atoms with E-state index in [0.717, 1.165) is 18.4 Å². The van der Waals surface area contributed by atoms with Gasteiger partial charge in [-0.3, -0.25) is 9.59 Å². The van der Waals surface area contributed by atoms with E-state index in [-0.39, 0.29) is 11.8 Å². The lowest BCUT2D eigenvalue weighted by atomic mass is 10.00.